The second-order valence-corrected chi connectivity index (χ2v) is 9.72. The Hall–Kier alpha value is -3.24. The van der Waals surface area contributed by atoms with E-state index in [-0.39, 0.29) is 17.9 Å². The topological polar surface area (TPSA) is 91.2 Å². The maximum Gasteiger partial charge on any atom is 0.416 e. The lowest BCUT2D eigenvalue weighted by molar-refractivity contribution is -0.137. The van der Waals surface area contributed by atoms with E-state index in [1.807, 2.05) is 4.90 Å². The molecule has 3 heterocycles. The van der Waals surface area contributed by atoms with Gasteiger partial charge in [-0.2, -0.15) is 13.2 Å². The van der Waals surface area contributed by atoms with Gasteiger partial charge in [-0.3, -0.25) is 14.8 Å². The van der Waals surface area contributed by atoms with Gasteiger partial charge in [0.2, 0.25) is 5.91 Å². The van der Waals surface area contributed by atoms with Crippen molar-refractivity contribution in [2.24, 2.45) is 5.92 Å². The summed E-state index contributed by atoms with van der Waals surface area (Å²) in [4.78, 5) is 27.6. The Kier molecular flexibility index (Phi) is 7.99. The van der Waals surface area contributed by atoms with Crippen LogP contribution in [0.5, 0.6) is 0 Å². The van der Waals surface area contributed by atoms with E-state index in [1.165, 1.54) is 18.3 Å². The number of nitrogens with one attached hydrogen (secondary N) is 1. The molecule has 0 saturated carbocycles. The molecule has 0 bridgehead atoms. The molecule has 1 saturated heterocycles. The van der Waals surface area contributed by atoms with Crippen LogP contribution in [0.3, 0.4) is 0 Å². The number of piperidine rings is 1. The van der Waals surface area contributed by atoms with Gasteiger partial charge in [-0.1, -0.05) is 37.6 Å². The lowest BCUT2D eigenvalue weighted by Crippen LogP contribution is -2.48. The number of carbonyl (C=O) groups is 1. The summed E-state index contributed by atoms with van der Waals surface area (Å²) < 4.78 is 39.2. The quantitative estimate of drug-likeness (QED) is 0.464. The highest BCUT2D eigenvalue weighted by molar-refractivity contribution is 6.33. The zero-order chi connectivity index (χ0) is 26.7. The molecule has 1 fully saturated rings. The van der Waals surface area contributed by atoms with Gasteiger partial charge < -0.3 is 15.3 Å². The molecule has 2 N–H and O–H groups in total. The van der Waals surface area contributed by atoms with Crippen LogP contribution in [0.15, 0.2) is 48.9 Å². The van der Waals surface area contributed by atoms with E-state index >= 15 is 0 Å². The van der Waals surface area contributed by atoms with Gasteiger partial charge in [0.1, 0.15) is 17.6 Å². The zero-order valence-electron chi connectivity index (χ0n) is 20.3. The average Bonchev–Trinajstić information content (AvgIpc) is 2.88. The third kappa shape index (κ3) is 6.19. The van der Waals surface area contributed by atoms with E-state index in [1.54, 1.807) is 32.3 Å². The fourth-order valence-corrected chi connectivity index (χ4v) is 4.37. The van der Waals surface area contributed by atoms with Crippen LogP contribution in [0.4, 0.5) is 19.0 Å². The molecular weight excluding hydrogens is 507 g/mol. The number of aliphatic hydroxyl groups excluding tert-OH is 1. The SMILES string of the molecule is CC(C)[C@H](O)C(=O)NC1CCN(c2cnc(-c3ccc(C(F)(F)F)cc3)c(-c3ccncc3Cl)n2)CC1. The lowest BCUT2D eigenvalue weighted by atomic mass is 10.0. The smallest absolute Gasteiger partial charge is 0.383 e. The zero-order valence-corrected chi connectivity index (χ0v) is 21.1. The highest BCUT2D eigenvalue weighted by Gasteiger charge is 2.30. The van der Waals surface area contributed by atoms with Crippen LogP contribution in [0.1, 0.15) is 32.3 Å². The summed E-state index contributed by atoms with van der Waals surface area (Å²) in [5.41, 5.74) is 1.11. The fraction of sp³-hybridized carbons (Fsp3) is 0.385. The highest BCUT2D eigenvalue weighted by atomic mass is 35.5. The molecule has 2 aromatic heterocycles. The maximum atomic E-state index is 13.1. The van der Waals surface area contributed by atoms with E-state index < -0.39 is 17.8 Å². The van der Waals surface area contributed by atoms with Crippen molar-refractivity contribution in [3.63, 3.8) is 0 Å². The van der Waals surface area contributed by atoms with Crippen LogP contribution < -0.4 is 10.2 Å². The van der Waals surface area contributed by atoms with Crippen LogP contribution in [0.2, 0.25) is 5.02 Å². The van der Waals surface area contributed by atoms with Crippen molar-refractivity contribution >= 4 is 23.3 Å². The number of rotatable bonds is 6. The predicted molar refractivity (Wildman–Crippen MR) is 135 cm³/mol. The van der Waals surface area contributed by atoms with E-state index in [0.29, 0.717) is 59.3 Å². The molecule has 11 heteroatoms. The number of amides is 1. The minimum atomic E-state index is -4.44. The van der Waals surface area contributed by atoms with Crippen molar-refractivity contribution in [3.8, 4) is 22.5 Å². The summed E-state index contributed by atoms with van der Waals surface area (Å²) in [6.07, 6.45) is 0.452. The van der Waals surface area contributed by atoms with Gasteiger partial charge in [0.25, 0.3) is 0 Å². The largest absolute Gasteiger partial charge is 0.416 e. The molecule has 0 unspecified atom stereocenters. The van der Waals surface area contributed by atoms with E-state index in [4.69, 9.17) is 16.6 Å². The first-order valence-electron chi connectivity index (χ1n) is 11.9. The summed E-state index contributed by atoms with van der Waals surface area (Å²) in [5, 5.41) is 13.2. The molecule has 4 rings (SSSR count). The number of halogens is 4. The Balaban J connectivity index is 1.59. The molecule has 1 aliphatic rings. The third-order valence-electron chi connectivity index (χ3n) is 6.34. The van der Waals surface area contributed by atoms with Gasteiger partial charge in [0, 0.05) is 42.7 Å². The van der Waals surface area contributed by atoms with Crippen LogP contribution in [0.25, 0.3) is 22.5 Å². The Morgan fingerprint density at radius 3 is 2.38 bits per heavy atom. The molecule has 37 heavy (non-hydrogen) atoms. The predicted octanol–water partition coefficient (Wildman–Crippen LogP) is 4.98. The molecule has 7 nitrogen and oxygen atoms in total. The number of carbonyl (C=O) groups excluding carboxylic acids is 1. The molecule has 0 radical (unpaired) electrons. The van der Waals surface area contributed by atoms with Crippen LogP contribution in [-0.2, 0) is 11.0 Å². The maximum absolute atomic E-state index is 13.1. The molecule has 196 valence electrons. The van der Waals surface area contributed by atoms with Gasteiger partial charge in [-0.15, -0.1) is 0 Å². The first-order valence-corrected chi connectivity index (χ1v) is 12.3. The molecule has 3 aromatic rings. The molecule has 0 spiro atoms. The first-order chi connectivity index (χ1) is 17.5. The number of aromatic nitrogens is 3. The van der Waals surface area contributed by atoms with Gasteiger partial charge >= 0.3 is 6.18 Å². The summed E-state index contributed by atoms with van der Waals surface area (Å²) in [6.45, 7) is 4.76. The second kappa shape index (κ2) is 11.0. The first kappa shape index (κ1) is 26.8. The van der Waals surface area contributed by atoms with Crippen molar-refractivity contribution in [3.05, 3.63) is 59.5 Å². The number of aliphatic hydroxyl groups is 1. The fourth-order valence-electron chi connectivity index (χ4n) is 4.16. The Morgan fingerprint density at radius 1 is 1.11 bits per heavy atom. The van der Waals surface area contributed by atoms with Crippen molar-refractivity contribution in [2.75, 3.05) is 18.0 Å². The highest BCUT2D eigenvalue weighted by Crippen LogP contribution is 2.36. The molecule has 0 aliphatic carbocycles. The normalized spacial score (nSPS) is 15.6. The van der Waals surface area contributed by atoms with Gasteiger partial charge in [-0.05, 0) is 37.0 Å². The molecule has 1 aromatic carbocycles. The van der Waals surface area contributed by atoms with Gasteiger partial charge in [-0.25, -0.2) is 4.98 Å². The van der Waals surface area contributed by atoms with Crippen LogP contribution in [-0.4, -0.2) is 51.2 Å². The molecular formula is C26H27ClF3N5O2. The second-order valence-electron chi connectivity index (χ2n) is 9.31. The minimum absolute atomic E-state index is 0.0642. The van der Waals surface area contributed by atoms with E-state index in [2.05, 4.69) is 15.3 Å². The van der Waals surface area contributed by atoms with Crippen molar-refractivity contribution in [1.29, 1.82) is 0 Å². The standard InChI is InChI=1S/C26H27ClF3N5O2/c1-15(2)24(36)25(37)33-18-8-11-35(12-9-18)21-14-32-22(16-3-5-17(6-4-16)26(28,29)30)23(34-21)19-7-10-31-13-20(19)27/h3-7,10,13-15,18,24,36H,8-9,11-12H2,1-2H3,(H,33,37)/t24-/m0/s1. The monoisotopic (exact) mass is 533 g/mol. The minimum Gasteiger partial charge on any atom is -0.383 e. The van der Waals surface area contributed by atoms with Gasteiger partial charge in [0.05, 0.1) is 22.5 Å². The van der Waals surface area contributed by atoms with Crippen LogP contribution >= 0.6 is 11.6 Å². The van der Waals surface area contributed by atoms with E-state index in [0.717, 1.165) is 12.1 Å². The summed E-state index contributed by atoms with van der Waals surface area (Å²) in [6, 6.07) is 6.38. The number of benzene rings is 1. The molecule has 1 aliphatic heterocycles. The summed E-state index contributed by atoms with van der Waals surface area (Å²) >= 11 is 6.40. The Labute approximate surface area is 217 Å². The number of hydrogen-bond acceptors (Lipinski definition) is 6. The van der Waals surface area contributed by atoms with Crippen molar-refractivity contribution in [1.82, 2.24) is 20.3 Å². The Morgan fingerprint density at radius 2 is 1.78 bits per heavy atom. The van der Waals surface area contributed by atoms with Crippen molar-refractivity contribution in [2.45, 2.75) is 45.0 Å². The number of anilines is 1. The number of hydrogen-bond donors (Lipinski definition) is 2. The molecule has 1 atom stereocenters. The third-order valence-corrected chi connectivity index (χ3v) is 6.64. The van der Waals surface area contributed by atoms with Crippen LogP contribution in [0, 0.1) is 5.92 Å². The van der Waals surface area contributed by atoms with E-state index in [9.17, 15) is 23.1 Å². The number of pyridine rings is 1. The summed E-state index contributed by atoms with van der Waals surface area (Å²) in [5.74, 6) is 0.0475. The number of nitrogens with zero attached hydrogens (tertiary/aromatic N) is 4. The Bertz CT molecular complexity index is 1250. The van der Waals surface area contributed by atoms with Gasteiger partial charge in [0.15, 0.2) is 0 Å². The van der Waals surface area contributed by atoms with Crippen molar-refractivity contribution < 1.29 is 23.1 Å². The lowest BCUT2D eigenvalue weighted by Gasteiger charge is -2.33. The average molecular weight is 534 g/mol. The number of alkyl halides is 3. The summed E-state index contributed by atoms with van der Waals surface area (Å²) in [7, 11) is 0. The molecule has 1 amide bonds.